The number of ketones is 1. The highest BCUT2D eigenvalue weighted by atomic mass is 16.4. The molecule has 7 N–H and O–H groups in total. The van der Waals surface area contributed by atoms with Gasteiger partial charge in [-0.3, -0.25) is 14.4 Å². The first-order chi connectivity index (χ1) is 14.9. The number of carboxylic acid groups (broad SMARTS) is 1. The van der Waals surface area contributed by atoms with Crippen LogP contribution in [0.25, 0.3) is 0 Å². The summed E-state index contributed by atoms with van der Waals surface area (Å²) in [5, 5.41) is 52.2. The molecule has 2 unspecified atom stereocenters. The average Bonchev–Trinajstić information content (AvgIpc) is 2.68. The normalized spacial score (nSPS) is 21.0. The average molecular weight is 444 g/mol. The first-order valence-corrected chi connectivity index (χ1v) is 9.73. The summed E-state index contributed by atoms with van der Waals surface area (Å²) in [5.41, 5.74) is 4.79. The van der Waals surface area contributed by atoms with Gasteiger partial charge in [-0.1, -0.05) is 19.1 Å². The van der Waals surface area contributed by atoms with Crippen LogP contribution >= 0.6 is 0 Å². The third-order valence-corrected chi connectivity index (χ3v) is 5.98. The van der Waals surface area contributed by atoms with E-state index in [1.807, 2.05) is 0 Å². The van der Waals surface area contributed by atoms with E-state index in [0.717, 1.165) is 6.07 Å². The van der Waals surface area contributed by atoms with Gasteiger partial charge < -0.3 is 36.2 Å². The molecule has 2 aromatic rings. The van der Waals surface area contributed by atoms with E-state index in [1.54, 1.807) is 13.0 Å². The molecule has 0 bridgehead atoms. The van der Waals surface area contributed by atoms with Gasteiger partial charge in [-0.2, -0.15) is 0 Å². The number of rotatable bonds is 5. The van der Waals surface area contributed by atoms with Gasteiger partial charge in [0.05, 0.1) is 17.4 Å². The van der Waals surface area contributed by atoms with Crippen LogP contribution in [0.5, 0.6) is 17.2 Å². The highest BCUT2D eigenvalue weighted by Gasteiger charge is 2.49. The molecule has 1 aliphatic carbocycles. The minimum absolute atomic E-state index is 0.0606. The van der Waals surface area contributed by atoms with Gasteiger partial charge >= 0.3 is 5.97 Å². The number of hydrogen-bond acceptors (Lipinski definition) is 8. The predicted octanol–water partition coefficient (Wildman–Crippen LogP) is 1.32. The molecule has 0 aliphatic heterocycles. The molecule has 0 aromatic heterocycles. The number of nitrogens with zero attached hydrogens (tertiary/aromatic N) is 1. The number of phenols is 3. The van der Waals surface area contributed by atoms with E-state index in [0.29, 0.717) is 5.56 Å². The van der Waals surface area contributed by atoms with Crippen molar-refractivity contribution in [2.75, 3.05) is 19.0 Å². The van der Waals surface area contributed by atoms with Gasteiger partial charge in [-0.25, -0.2) is 0 Å². The Labute approximate surface area is 183 Å². The molecular weight excluding hydrogens is 420 g/mol. The highest BCUT2D eigenvalue weighted by molar-refractivity contribution is 6.12. The number of Topliss-reactive ketones (excluding diaryl/α,β-unsaturated/α-hetero) is 1. The number of aliphatic hydroxyl groups is 1. The number of benzene rings is 2. The molecule has 4 atom stereocenters. The summed E-state index contributed by atoms with van der Waals surface area (Å²) in [7, 11) is 3.01. The molecule has 10 heteroatoms. The minimum atomic E-state index is -1.71. The van der Waals surface area contributed by atoms with Crippen molar-refractivity contribution >= 4 is 23.3 Å². The first-order valence-electron chi connectivity index (χ1n) is 9.73. The molecule has 3 rings (SSSR count). The molecule has 0 radical (unpaired) electrons. The number of fused-ring (bicyclic) bond motifs is 1. The summed E-state index contributed by atoms with van der Waals surface area (Å²) in [6.07, 6.45) is -1.65. The second-order valence-electron chi connectivity index (χ2n) is 8.05. The number of carbonyl (C=O) groups is 3. The van der Waals surface area contributed by atoms with E-state index in [2.05, 4.69) is 0 Å². The van der Waals surface area contributed by atoms with Gasteiger partial charge in [0, 0.05) is 25.6 Å². The smallest absolute Gasteiger partial charge is 0.314 e. The van der Waals surface area contributed by atoms with Gasteiger partial charge in [0.2, 0.25) is 0 Å². The summed E-state index contributed by atoms with van der Waals surface area (Å²) >= 11 is 0. The number of primary amides is 1. The zero-order chi connectivity index (χ0) is 24.1. The molecule has 0 fully saturated rings. The first kappa shape index (κ1) is 22.9. The van der Waals surface area contributed by atoms with Crippen LogP contribution in [0.2, 0.25) is 0 Å². The van der Waals surface area contributed by atoms with Crippen molar-refractivity contribution in [1.82, 2.24) is 0 Å². The topological polar surface area (TPSA) is 182 Å². The molecule has 1 aliphatic rings. The van der Waals surface area contributed by atoms with Crippen molar-refractivity contribution < 1.29 is 39.9 Å². The second kappa shape index (κ2) is 8.04. The standard InChI is InChI=1S/C22H24N2O8/c1-8-9-5-4-6-11(25)14(9)19(28)16(22(31)32)13(8)18(27)10-7-12(26)15(21(23)30)20(29)17(10)24(2)3/h4-8,13,16,18,25-27,29H,1-3H3,(H2,23,30)(H,31,32)/t8-,13?,16?,18+/m0/s1. The monoisotopic (exact) mass is 444 g/mol. The number of nitrogens with two attached hydrogens (primary N) is 1. The molecule has 170 valence electrons. The van der Waals surface area contributed by atoms with Crippen LogP contribution in [0.3, 0.4) is 0 Å². The number of phenolic OH excluding ortho intramolecular Hbond substituents is 1. The van der Waals surface area contributed by atoms with Crippen LogP contribution in [-0.2, 0) is 4.79 Å². The van der Waals surface area contributed by atoms with Crippen molar-refractivity contribution in [1.29, 1.82) is 0 Å². The van der Waals surface area contributed by atoms with Gasteiger partial charge in [-0.05, 0) is 23.6 Å². The molecule has 0 heterocycles. The number of anilines is 1. The fourth-order valence-electron chi connectivity index (χ4n) is 4.57. The van der Waals surface area contributed by atoms with E-state index in [4.69, 9.17) is 5.73 Å². The van der Waals surface area contributed by atoms with Crippen molar-refractivity contribution in [3.8, 4) is 17.2 Å². The van der Waals surface area contributed by atoms with Crippen molar-refractivity contribution in [3.63, 3.8) is 0 Å². The number of carbonyl (C=O) groups excluding carboxylic acids is 2. The van der Waals surface area contributed by atoms with E-state index in [9.17, 15) is 39.9 Å². The van der Waals surface area contributed by atoms with Gasteiger partial charge in [0.1, 0.15) is 23.0 Å². The largest absolute Gasteiger partial charge is 0.507 e. The maximum absolute atomic E-state index is 13.0. The number of aliphatic hydroxyl groups excluding tert-OH is 1. The Morgan fingerprint density at radius 1 is 1.12 bits per heavy atom. The summed E-state index contributed by atoms with van der Waals surface area (Å²) in [6, 6.07) is 5.37. The molecule has 0 saturated carbocycles. The van der Waals surface area contributed by atoms with Crippen molar-refractivity contribution in [3.05, 3.63) is 46.5 Å². The molecule has 1 amide bonds. The summed E-state index contributed by atoms with van der Waals surface area (Å²) in [6.45, 7) is 1.61. The van der Waals surface area contributed by atoms with Crippen LogP contribution < -0.4 is 10.6 Å². The Balaban J connectivity index is 2.26. The molecule has 0 spiro atoms. The van der Waals surface area contributed by atoms with E-state index < -0.39 is 58.6 Å². The lowest BCUT2D eigenvalue weighted by atomic mass is 9.65. The third-order valence-electron chi connectivity index (χ3n) is 5.98. The summed E-state index contributed by atoms with van der Waals surface area (Å²) < 4.78 is 0. The van der Waals surface area contributed by atoms with Gasteiger partial charge in [0.15, 0.2) is 11.5 Å². The lowest BCUT2D eigenvalue weighted by Gasteiger charge is -2.39. The molecule has 0 saturated heterocycles. The Kier molecular flexibility index (Phi) is 5.75. The number of carboxylic acids is 1. The minimum Gasteiger partial charge on any atom is -0.507 e. The molecular formula is C22H24N2O8. The quantitative estimate of drug-likeness (QED) is 0.370. The van der Waals surface area contributed by atoms with Crippen LogP contribution in [0.1, 0.15) is 50.8 Å². The Morgan fingerprint density at radius 2 is 1.75 bits per heavy atom. The van der Waals surface area contributed by atoms with E-state index in [1.165, 1.54) is 31.1 Å². The van der Waals surface area contributed by atoms with Crippen LogP contribution in [-0.4, -0.2) is 57.3 Å². The maximum atomic E-state index is 13.0. The number of hydrogen-bond donors (Lipinski definition) is 6. The summed E-state index contributed by atoms with van der Waals surface area (Å²) in [5.74, 6) is -8.82. The van der Waals surface area contributed by atoms with Crippen LogP contribution in [0, 0.1) is 11.8 Å². The van der Waals surface area contributed by atoms with E-state index >= 15 is 0 Å². The molecule has 32 heavy (non-hydrogen) atoms. The Hall–Kier alpha value is -3.79. The number of aliphatic carboxylic acids is 1. The highest BCUT2D eigenvalue weighted by Crippen LogP contribution is 2.51. The SMILES string of the molecule is C[C@H]1c2cccc(O)c2C(=O)C(C(=O)O)C1[C@H](O)c1cc(O)c(C(N)=O)c(O)c1N(C)C. The predicted molar refractivity (Wildman–Crippen MR) is 113 cm³/mol. The van der Waals surface area contributed by atoms with Crippen LogP contribution in [0.4, 0.5) is 5.69 Å². The Bertz CT molecular complexity index is 1130. The van der Waals surface area contributed by atoms with E-state index in [-0.39, 0.29) is 22.6 Å². The van der Waals surface area contributed by atoms with Gasteiger partial charge in [0.25, 0.3) is 5.91 Å². The zero-order valence-electron chi connectivity index (χ0n) is 17.6. The lowest BCUT2D eigenvalue weighted by Crippen LogP contribution is -2.42. The third kappa shape index (κ3) is 3.38. The fraction of sp³-hybridized carbons (Fsp3) is 0.318. The Morgan fingerprint density at radius 3 is 2.28 bits per heavy atom. The number of amides is 1. The lowest BCUT2D eigenvalue weighted by molar-refractivity contribution is -0.144. The summed E-state index contributed by atoms with van der Waals surface area (Å²) in [4.78, 5) is 38.2. The van der Waals surface area contributed by atoms with Crippen LogP contribution in [0.15, 0.2) is 24.3 Å². The fourth-order valence-corrected chi connectivity index (χ4v) is 4.57. The van der Waals surface area contributed by atoms with Crippen molar-refractivity contribution in [2.24, 2.45) is 17.6 Å². The van der Waals surface area contributed by atoms with Gasteiger partial charge in [-0.15, -0.1) is 0 Å². The molecule has 10 nitrogen and oxygen atoms in total. The number of aromatic hydroxyl groups is 3. The van der Waals surface area contributed by atoms with Crippen molar-refractivity contribution in [2.45, 2.75) is 18.9 Å². The second-order valence-corrected chi connectivity index (χ2v) is 8.05. The zero-order valence-corrected chi connectivity index (χ0v) is 17.6. The molecule has 2 aromatic carbocycles. The maximum Gasteiger partial charge on any atom is 0.314 e.